The zero-order valence-electron chi connectivity index (χ0n) is 16.0. The van der Waals surface area contributed by atoms with Crippen LogP contribution in [0.2, 0.25) is 0 Å². The molecule has 0 bridgehead atoms. The Morgan fingerprint density at radius 2 is 1.69 bits per heavy atom. The number of amides is 3. The van der Waals surface area contributed by atoms with E-state index in [2.05, 4.69) is 15.8 Å². The average Bonchev–Trinajstić information content (AvgIpc) is 3.11. The molecule has 0 radical (unpaired) electrons. The highest BCUT2D eigenvalue weighted by Crippen LogP contribution is 2.18. The van der Waals surface area contributed by atoms with E-state index in [1.807, 2.05) is 6.92 Å². The lowest BCUT2D eigenvalue weighted by Crippen LogP contribution is -2.31. The summed E-state index contributed by atoms with van der Waals surface area (Å²) in [5.41, 5.74) is 3.89. The Balaban J connectivity index is 1.59. The zero-order valence-corrected chi connectivity index (χ0v) is 16.8. The number of rotatable bonds is 6. The maximum absolute atomic E-state index is 12.3. The summed E-state index contributed by atoms with van der Waals surface area (Å²) in [5, 5.41) is 7.28. The first-order chi connectivity index (χ1) is 14.0. The Morgan fingerprint density at radius 3 is 2.31 bits per heavy atom. The van der Waals surface area contributed by atoms with Crippen LogP contribution in [0.3, 0.4) is 0 Å². The molecule has 8 nitrogen and oxygen atoms in total. The predicted octanol–water partition coefficient (Wildman–Crippen LogP) is 2.54. The van der Waals surface area contributed by atoms with E-state index in [4.69, 9.17) is 4.74 Å². The second-order valence-electron chi connectivity index (χ2n) is 6.02. The number of ether oxygens (including phenoxy) is 1. The lowest BCUT2D eigenvalue weighted by Gasteiger charge is -2.12. The van der Waals surface area contributed by atoms with Crippen LogP contribution in [0.25, 0.3) is 0 Å². The van der Waals surface area contributed by atoms with Crippen molar-refractivity contribution in [3.05, 3.63) is 59.7 Å². The first-order valence-electron chi connectivity index (χ1n) is 8.88. The van der Waals surface area contributed by atoms with Crippen molar-refractivity contribution in [1.29, 1.82) is 0 Å². The maximum atomic E-state index is 12.3. The van der Waals surface area contributed by atoms with E-state index in [-0.39, 0.29) is 11.8 Å². The standard InChI is InChI=1S/C20H20N4O4S/c1-3-24-17(25)12-29-20(24)23-22-19(27)14-4-8-15(9-5-14)21-18(26)13-6-10-16(28-2)11-7-13/h4-11H,3,12H2,1-2H3,(H,21,26)(H,22,27)/b23-20-. The number of carbonyl (C=O) groups excluding carboxylic acids is 3. The molecule has 0 aromatic heterocycles. The lowest BCUT2D eigenvalue weighted by molar-refractivity contribution is -0.123. The summed E-state index contributed by atoms with van der Waals surface area (Å²) in [7, 11) is 1.56. The van der Waals surface area contributed by atoms with Gasteiger partial charge >= 0.3 is 0 Å². The van der Waals surface area contributed by atoms with Crippen molar-refractivity contribution in [2.45, 2.75) is 6.92 Å². The molecule has 3 rings (SSSR count). The molecule has 1 heterocycles. The van der Waals surface area contributed by atoms with Gasteiger partial charge in [-0.15, -0.1) is 5.10 Å². The first-order valence-corrected chi connectivity index (χ1v) is 9.87. The summed E-state index contributed by atoms with van der Waals surface area (Å²) in [6.07, 6.45) is 0. The molecule has 29 heavy (non-hydrogen) atoms. The van der Waals surface area contributed by atoms with Gasteiger partial charge in [-0.25, -0.2) is 5.43 Å². The van der Waals surface area contributed by atoms with Gasteiger partial charge in [-0.05, 0) is 55.5 Å². The third kappa shape index (κ3) is 4.94. The van der Waals surface area contributed by atoms with Gasteiger partial charge in [-0.3, -0.25) is 19.3 Å². The molecule has 0 unspecified atom stereocenters. The largest absolute Gasteiger partial charge is 0.497 e. The number of nitrogens with zero attached hydrogens (tertiary/aromatic N) is 2. The molecule has 2 N–H and O–H groups in total. The molecule has 0 spiro atoms. The van der Waals surface area contributed by atoms with Gasteiger partial charge in [0.25, 0.3) is 11.8 Å². The van der Waals surface area contributed by atoms with Gasteiger partial charge in [0.15, 0.2) is 5.17 Å². The number of nitrogens with one attached hydrogen (secondary N) is 2. The molecule has 3 amide bonds. The van der Waals surface area contributed by atoms with Crippen LogP contribution in [-0.2, 0) is 4.79 Å². The van der Waals surface area contributed by atoms with Gasteiger partial charge in [0.05, 0.1) is 12.9 Å². The van der Waals surface area contributed by atoms with Crippen molar-refractivity contribution in [3.8, 4) is 5.75 Å². The summed E-state index contributed by atoms with van der Waals surface area (Å²) >= 11 is 1.29. The van der Waals surface area contributed by atoms with Gasteiger partial charge in [-0.1, -0.05) is 11.8 Å². The van der Waals surface area contributed by atoms with Crippen molar-refractivity contribution in [2.75, 3.05) is 24.7 Å². The molecule has 0 saturated carbocycles. The molecule has 1 fully saturated rings. The van der Waals surface area contributed by atoms with Gasteiger partial charge < -0.3 is 10.1 Å². The maximum Gasteiger partial charge on any atom is 0.271 e. The van der Waals surface area contributed by atoms with Gasteiger partial charge in [-0.2, -0.15) is 0 Å². The minimum atomic E-state index is -0.401. The third-order valence-electron chi connectivity index (χ3n) is 4.18. The molecule has 1 aliphatic rings. The van der Waals surface area contributed by atoms with E-state index in [1.54, 1.807) is 55.6 Å². The molecular formula is C20H20N4O4S. The molecule has 150 valence electrons. The number of benzene rings is 2. The Morgan fingerprint density at radius 1 is 1.07 bits per heavy atom. The Kier molecular flexibility index (Phi) is 6.50. The van der Waals surface area contributed by atoms with E-state index in [9.17, 15) is 14.4 Å². The van der Waals surface area contributed by atoms with Crippen LogP contribution in [0.1, 0.15) is 27.6 Å². The van der Waals surface area contributed by atoms with Crippen LogP contribution in [0, 0.1) is 0 Å². The summed E-state index contributed by atoms with van der Waals surface area (Å²) < 4.78 is 5.07. The van der Waals surface area contributed by atoms with Gasteiger partial charge in [0.2, 0.25) is 5.91 Å². The van der Waals surface area contributed by atoms with E-state index < -0.39 is 5.91 Å². The fourth-order valence-corrected chi connectivity index (χ4v) is 3.51. The zero-order chi connectivity index (χ0) is 20.8. The Labute approximate surface area is 172 Å². The van der Waals surface area contributed by atoms with Crippen molar-refractivity contribution < 1.29 is 19.1 Å². The lowest BCUT2D eigenvalue weighted by atomic mass is 10.1. The van der Waals surface area contributed by atoms with E-state index in [0.29, 0.717) is 40.0 Å². The highest BCUT2D eigenvalue weighted by atomic mass is 32.2. The molecule has 1 saturated heterocycles. The minimum Gasteiger partial charge on any atom is -0.497 e. The van der Waals surface area contributed by atoms with Crippen LogP contribution < -0.4 is 15.5 Å². The highest BCUT2D eigenvalue weighted by molar-refractivity contribution is 8.15. The minimum absolute atomic E-state index is 0.0255. The summed E-state index contributed by atoms with van der Waals surface area (Å²) in [4.78, 5) is 37.7. The number of hydrogen-bond acceptors (Lipinski definition) is 6. The third-order valence-corrected chi connectivity index (χ3v) is 5.14. The van der Waals surface area contributed by atoms with Crippen molar-refractivity contribution >= 4 is 40.3 Å². The molecular weight excluding hydrogens is 392 g/mol. The van der Waals surface area contributed by atoms with Crippen molar-refractivity contribution in [3.63, 3.8) is 0 Å². The van der Waals surface area contributed by atoms with Crippen molar-refractivity contribution in [2.24, 2.45) is 5.10 Å². The van der Waals surface area contributed by atoms with E-state index in [0.717, 1.165) is 0 Å². The second-order valence-corrected chi connectivity index (χ2v) is 6.96. The second kappa shape index (κ2) is 9.24. The van der Waals surface area contributed by atoms with E-state index >= 15 is 0 Å². The predicted molar refractivity (Wildman–Crippen MR) is 112 cm³/mol. The summed E-state index contributed by atoms with van der Waals surface area (Å²) in [5.74, 6) is 0.302. The van der Waals surface area contributed by atoms with Crippen molar-refractivity contribution in [1.82, 2.24) is 10.3 Å². The van der Waals surface area contributed by atoms with Crippen LogP contribution in [-0.4, -0.2) is 47.2 Å². The number of hydrogen-bond donors (Lipinski definition) is 2. The number of thioether (sulfide) groups is 1. The number of methoxy groups -OCH3 is 1. The number of carbonyl (C=O) groups is 3. The molecule has 0 atom stereocenters. The monoisotopic (exact) mass is 412 g/mol. The highest BCUT2D eigenvalue weighted by Gasteiger charge is 2.26. The topological polar surface area (TPSA) is 100 Å². The Hall–Kier alpha value is -3.33. The fourth-order valence-electron chi connectivity index (χ4n) is 2.61. The quantitative estimate of drug-likeness (QED) is 0.711. The van der Waals surface area contributed by atoms with Crippen LogP contribution in [0.4, 0.5) is 5.69 Å². The SMILES string of the molecule is CCN1C(=O)CS/C1=N\NC(=O)c1ccc(NC(=O)c2ccc(OC)cc2)cc1. The van der Waals surface area contributed by atoms with Gasteiger partial charge in [0.1, 0.15) is 5.75 Å². The Bertz CT molecular complexity index is 942. The average molecular weight is 412 g/mol. The summed E-state index contributed by atoms with van der Waals surface area (Å²) in [6, 6.07) is 13.2. The number of anilines is 1. The van der Waals surface area contributed by atoms with Crippen LogP contribution in [0.15, 0.2) is 53.6 Å². The summed E-state index contributed by atoms with van der Waals surface area (Å²) in [6.45, 7) is 2.35. The van der Waals surface area contributed by atoms with E-state index in [1.165, 1.54) is 16.7 Å². The smallest absolute Gasteiger partial charge is 0.271 e. The molecule has 2 aromatic rings. The van der Waals surface area contributed by atoms with Crippen LogP contribution >= 0.6 is 11.8 Å². The normalized spacial score (nSPS) is 14.8. The molecule has 0 aliphatic carbocycles. The molecule has 9 heteroatoms. The first kappa shape index (κ1) is 20.4. The van der Waals surface area contributed by atoms with Crippen LogP contribution in [0.5, 0.6) is 5.75 Å². The molecule has 2 aromatic carbocycles. The number of amidine groups is 1. The molecule has 1 aliphatic heterocycles. The number of hydrazone groups is 1. The van der Waals surface area contributed by atoms with Gasteiger partial charge in [0, 0.05) is 23.4 Å². The fraction of sp³-hybridized carbons (Fsp3) is 0.200.